The zero-order chi connectivity index (χ0) is 6.08. The number of nitrogens with two attached hydrogens (primary N) is 2. The van der Waals surface area contributed by atoms with Crippen LogP contribution in [0.4, 0.5) is 0 Å². The van der Waals surface area contributed by atoms with Crippen LogP contribution >= 0.6 is 7.59 Å². The van der Waals surface area contributed by atoms with Crippen LogP contribution in [0.3, 0.4) is 0 Å². The van der Waals surface area contributed by atoms with E-state index in [0.717, 1.165) is 0 Å². The summed E-state index contributed by atoms with van der Waals surface area (Å²) >= 11 is 0. The fourth-order valence-corrected chi connectivity index (χ4v) is 0. The van der Waals surface area contributed by atoms with E-state index >= 15 is 0 Å². The highest BCUT2D eigenvalue weighted by atomic mass is 31.2. The maximum Gasteiger partial charge on any atom is 0.275 e. The molecule has 0 unspecified atom stereocenters. The van der Waals surface area contributed by atoms with Crippen molar-refractivity contribution in [2.24, 2.45) is 11.0 Å². The summed E-state index contributed by atoms with van der Waals surface area (Å²) < 4.78 is 11.7. The van der Waals surface area contributed by atoms with Crippen molar-refractivity contribution in [2.75, 3.05) is 14.1 Å². The second kappa shape index (κ2) is 4.87. The van der Waals surface area contributed by atoms with Gasteiger partial charge in [-0.05, 0) is 14.1 Å². The predicted octanol–water partition coefficient (Wildman–Crippen LogP) is -0.102. The first-order valence-corrected chi connectivity index (χ1v) is 3.59. The van der Waals surface area contributed by atoms with Gasteiger partial charge in [0.1, 0.15) is 0 Å². The van der Waals surface area contributed by atoms with Crippen molar-refractivity contribution in [1.29, 1.82) is 0 Å². The molecule has 0 aromatic carbocycles. The molecule has 6 nitrogen and oxygen atoms in total. The highest BCUT2D eigenvalue weighted by molar-refractivity contribution is 7.56. The Balaban J connectivity index is -0.000000180. The monoisotopic (exact) mass is 157 g/mol. The van der Waals surface area contributed by atoms with Crippen molar-refractivity contribution < 1.29 is 4.57 Å². The zero-order valence-corrected chi connectivity index (χ0v) is 6.77. The molecular weight excluding hydrogens is 141 g/mol. The standard InChI is InChI=1S/C2H10N3OP.2H3N/c1-5(2)7(3,4)6;;/h1-2H3,(H4,3,4,6);2*1H3. The second-order valence-corrected chi connectivity index (χ2v) is 3.66. The highest BCUT2D eigenvalue weighted by Crippen LogP contribution is 2.25. The van der Waals surface area contributed by atoms with E-state index in [9.17, 15) is 4.57 Å². The smallest absolute Gasteiger partial charge is 0.275 e. The van der Waals surface area contributed by atoms with E-state index in [1.807, 2.05) is 0 Å². The Bertz CT molecular complexity index is 97.1. The van der Waals surface area contributed by atoms with E-state index in [0.29, 0.717) is 0 Å². The molecule has 10 N–H and O–H groups in total. The van der Waals surface area contributed by atoms with E-state index in [2.05, 4.69) is 0 Å². The van der Waals surface area contributed by atoms with Crippen LogP contribution in [0.25, 0.3) is 0 Å². The first-order valence-electron chi connectivity index (χ1n) is 1.79. The minimum absolute atomic E-state index is 0. The Hall–Kier alpha value is 0.0300. The van der Waals surface area contributed by atoms with Crippen molar-refractivity contribution in [3.8, 4) is 0 Å². The van der Waals surface area contributed by atoms with E-state index in [1.165, 1.54) is 4.67 Å². The normalized spacial score (nSPS) is 9.89. The van der Waals surface area contributed by atoms with Crippen LogP contribution in [0.1, 0.15) is 0 Å². The first kappa shape index (κ1) is 16.0. The number of nitrogens with zero attached hydrogens (tertiary/aromatic N) is 1. The van der Waals surface area contributed by atoms with Gasteiger partial charge in [-0.1, -0.05) is 0 Å². The van der Waals surface area contributed by atoms with E-state index in [1.54, 1.807) is 14.1 Å². The Labute approximate surface area is 55.3 Å². The molecule has 0 aromatic rings. The van der Waals surface area contributed by atoms with Crippen LogP contribution < -0.4 is 23.3 Å². The molecule has 0 aliphatic heterocycles. The van der Waals surface area contributed by atoms with E-state index < -0.39 is 7.59 Å². The molecule has 0 atom stereocenters. The fraction of sp³-hybridized carbons (Fsp3) is 1.00. The van der Waals surface area contributed by atoms with Gasteiger partial charge in [0, 0.05) is 0 Å². The molecule has 7 heteroatoms. The van der Waals surface area contributed by atoms with Crippen LogP contribution in [0, 0.1) is 0 Å². The van der Waals surface area contributed by atoms with Gasteiger partial charge in [-0.25, -0.2) is 4.67 Å². The molecular formula is C2H16N5OP. The largest absolute Gasteiger partial charge is 0.344 e. The van der Waals surface area contributed by atoms with Crippen molar-refractivity contribution in [3.63, 3.8) is 0 Å². The Kier molecular flexibility index (Phi) is 8.66. The third-order valence-corrected chi connectivity index (χ3v) is 1.88. The molecule has 0 aromatic heterocycles. The van der Waals surface area contributed by atoms with Crippen LogP contribution in [-0.2, 0) is 4.57 Å². The van der Waals surface area contributed by atoms with Gasteiger partial charge in [-0.2, -0.15) is 0 Å². The SMILES string of the molecule is CN(C)P(N)(N)=O.N.N. The third kappa shape index (κ3) is 8.03. The van der Waals surface area contributed by atoms with Crippen LogP contribution in [0.15, 0.2) is 0 Å². The van der Waals surface area contributed by atoms with Crippen molar-refractivity contribution >= 4 is 7.59 Å². The lowest BCUT2D eigenvalue weighted by Gasteiger charge is -2.12. The minimum atomic E-state index is -2.90. The Morgan fingerprint density at radius 2 is 1.33 bits per heavy atom. The first-order chi connectivity index (χ1) is 2.94. The summed E-state index contributed by atoms with van der Waals surface area (Å²) in [7, 11) is 0.236. The van der Waals surface area contributed by atoms with Crippen molar-refractivity contribution in [1.82, 2.24) is 17.0 Å². The third-order valence-electron chi connectivity index (χ3n) is 0.625. The lowest BCUT2D eigenvalue weighted by Crippen LogP contribution is -2.20. The Morgan fingerprint density at radius 3 is 1.33 bits per heavy atom. The molecule has 0 heterocycles. The molecule has 60 valence electrons. The van der Waals surface area contributed by atoms with Gasteiger partial charge in [0.25, 0.3) is 7.59 Å². The molecule has 0 radical (unpaired) electrons. The maximum absolute atomic E-state index is 10.4. The predicted molar refractivity (Wildman–Crippen MR) is 39.7 cm³/mol. The van der Waals surface area contributed by atoms with Gasteiger partial charge in [-0.15, -0.1) is 0 Å². The maximum atomic E-state index is 10.4. The number of hydrogen-bond donors (Lipinski definition) is 4. The number of hydrogen-bond acceptors (Lipinski definition) is 3. The number of rotatable bonds is 1. The van der Waals surface area contributed by atoms with Gasteiger partial charge in [0.15, 0.2) is 0 Å². The molecule has 0 rings (SSSR count). The topological polar surface area (TPSA) is 142 Å². The van der Waals surface area contributed by atoms with Crippen molar-refractivity contribution in [3.05, 3.63) is 0 Å². The average molecular weight is 157 g/mol. The van der Waals surface area contributed by atoms with Gasteiger partial charge < -0.3 is 12.3 Å². The summed E-state index contributed by atoms with van der Waals surface area (Å²) in [5, 5.41) is 0. The Morgan fingerprint density at radius 1 is 1.22 bits per heavy atom. The minimum Gasteiger partial charge on any atom is -0.344 e. The summed E-state index contributed by atoms with van der Waals surface area (Å²) in [6.45, 7) is 0. The fourth-order valence-electron chi connectivity index (χ4n) is 0. The van der Waals surface area contributed by atoms with Gasteiger partial charge in [0.2, 0.25) is 0 Å². The molecule has 0 amide bonds. The van der Waals surface area contributed by atoms with Gasteiger partial charge in [-0.3, -0.25) is 15.6 Å². The summed E-state index contributed by atoms with van der Waals surface area (Å²) in [5.41, 5.74) is 9.88. The lowest BCUT2D eigenvalue weighted by atomic mass is 11.3. The summed E-state index contributed by atoms with van der Waals surface area (Å²) in [6.07, 6.45) is 0. The quantitative estimate of drug-likeness (QED) is 0.391. The van der Waals surface area contributed by atoms with E-state index in [-0.39, 0.29) is 12.3 Å². The van der Waals surface area contributed by atoms with Gasteiger partial charge >= 0.3 is 0 Å². The second-order valence-electron chi connectivity index (χ2n) is 1.52. The summed E-state index contributed by atoms with van der Waals surface area (Å²) in [4.78, 5) is 0. The molecule has 0 bridgehead atoms. The van der Waals surface area contributed by atoms with Gasteiger partial charge in [0.05, 0.1) is 0 Å². The lowest BCUT2D eigenvalue weighted by molar-refractivity contribution is 0.517. The molecule has 0 aliphatic carbocycles. The van der Waals surface area contributed by atoms with E-state index in [4.69, 9.17) is 11.0 Å². The molecule has 0 aliphatic rings. The van der Waals surface area contributed by atoms with Crippen LogP contribution in [-0.4, -0.2) is 18.8 Å². The highest BCUT2D eigenvalue weighted by Gasteiger charge is 2.08. The zero-order valence-electron chi connectivity index (χ0n) is 5.87. The molecule has 9 heavy (non-hydrogen) atoms. The molecule has 0 saturated carbocycles. The van der Waals surface area contributed by atoms with Crippen LogP contribution in [0.5, 0.6) is 0 Å². The van der Waals surface area contributed by atoms with Crippen LogP contribution in [0.2, 0.25) is 0 Å². The summed E-state index contributed by atoms with van der Waals surface area (Å²) in [5.74, 6) is 0. The summed E-state index contributed by atoms with van der Waals surface area (Å²) in [6, 6.07) is 0. The molecule has 0 saturated heterocycles. The molecule has 0 fully saturated rings. The van der Waals surface area contributed by atoms with Crippen molar-refractivity contribution in [2.45, 2.75) is 0 Å². The molecule has 0 spiro atoms. The average Bonchev–Trinajstić information content (AvgIpc) is 1.31.